The number of rotatable bonds is 8. The van der Waals surface area contributed by atoms with Crippen LogP contribution in [-0.4, -0.2) is 43.2 Å². The molecule has 208 valence electrons. The smallest absolute Gasteiger partial charge is 0.266 e. The van der Waals surface area contributed by atoms with Gasteiger partial charge in [-0.3, -0.25) is 13.9 Å². The molecule has 5 rings (SSSR count). The summed E-state index contributed by atoms with van der Waals surface area (Å²) in [7, 11) is -4.28. The molecule has 3 aliphatic rings. The van der Waals surface area contributed by atoms with Crippen LogP contribution in [-0.2, 0) is 26.2 Å². The van der Waals surface area contributed by atoms with E-state index in [-0.39, 0.29) is 27.4 Å². The van der Waals surface area contributed by atoms with E-state index >= 15 is 0 Å². The van der Waals surface area contributed by atoms with Crippen molar-refractivity contribution in [2.24, 2.45) is 0 Å². The number of ether oxygens (including phenoxy) is 1. The number of amides is 2. The van der Waals surface area contributed by atoms with E-state index in [0.29, 0.717) is 19.1 Å². The van der Waals surface area contributed by atoms with Crippen LogP contribution in [0.4, 0.5) is 0 Å². The van der Waals surface area contributed by atoms with Crippen LogP contribution in [0.1, 0.15) is 55.7 Å². The van der Waals surface area contributed by atoms with Crippen molar-refractivity contribution >= 4 is 45.0 Å². The highest BCUT2D eigenvalue weighted by atomic mass is 35.5. The van der Waals surface area contributed by atoms with Crippen LogP contribution in [0.3, 0.4) is 0 Å². The molecule has 2 amide bonds. The molecular weight excluding hydrogens is 563 g/mol. The van der Waals surface area contributed by atoms with Crippen molar-refractivity contribution in [1.29, 1.82) is 0 Å². The average Bonchev–Trinajstić information content (AvgIpc) is 3.44. The van der Waals surface area contributed by atoms with E-state index in [4.69, 9.17) is 27.9 Å². The Morgan fingerprint density at radius 1 is 1.13 bits per heavy atom. The molecule has 2 heterocycles. The predicted molar refractivity (Wildman–Crippen MR) is 148 cm³/mol. The fraction of sp³-hybridized carbons (Fsp3) is 0.407. The summed E-state index contributed by atoms with van der Waals surface area (Å²) < 4.78 is 33.6. The molecule has 0 radical (unpaired) electrons. The summed E-state index contributed by atoms with van der Waals surface area (Å²) >= 11 is 12.2. The minimum atomic E-state index is -4.28. The van der Waals surface area contributed by atoms with E-state index in [1.54, 1.807) is 0 Å². The molecule has 12 heteroatoms. The Labute approximate surface area is 237 Å². The first kappa shape index (κ1) is 27.8. The molecule has 1 aliphatic carbocycles. The summed E-state index contributed by atoms with van der Waals surface area (Å²) in [6, 6.07) is 9.12. The van der Waals surface area contributed by atoms with E-state index in [0.717, 1.165) is 27.7 Å². The largest absolute Gasteiger partial charge is 0.493 e. The van der Waals surface area contributed by atoms with Crippen molar-refractivity contribution in [3.63, 3.8) is 0 Å². The van der Waals surface area contributed by atoms with Gasteiger partial charge in [0.25, 0.3) is 10.0 Å². The number of carbonyl (C=O) groups is 2. The first-order chi connectivity index (χ1) is 18.7. The minimum Gasteiger partial charge on any atom is -0.493 e. The molecular formula is C27H30Cl2N4O5S. The SMILES string of the molecule is O=C(C[C@@H]1C(=O)NC=CN1S(=O)(=O)c1cccc(Cl)c1Cl)N[C@@H]1CCOc2cc(CNC3CCCC3)ccc21. The van der Waals surface area contributed by atoms with E-state index in [9.17, 15) is 18.0 Å². The molecule has 2 aromatic carbocycles. The molecule has 0 bridgehead atoms. The second-order valence-electron chi connectivity index (χ2n) is 9.92. The molecule has 0 saturated heterocycles. The Morgan fingerprint density at radius 2 is 1.92 bits per heavy atom. The van der Waals surface area contributed by atoms with Crippen LogP contribution in [0.15, 0.2) is 53.7 Å². The zero-order chi connectivity index (χ0) is 27.6. The van der Waals surface area contributed by atoms with Gasteiger partial charge < -0.3 is 20.7 Å². The number of nitrogens with zero attached hydrogens (tertiary/aromatic N) is 1. The molecule has 2 aromatic rings. The third-order valence-corrected chi connectivity index (χ3v) is 10.1. The maximum absolute atomic E-state index is 13.4. The lowest BCUT2D eigenvalue weighted by Gasteiger charge is -2.32. The Kier molecular flexibility index (Phi) is 8.37. The fourth-order valence-corrected chi connectivity index (χ4v) is 7.44. The van der Waals surface area contributed by atoms with Crippen molar-refractivity contribution in [2.45, 2.75) is 68.1 Å². The topological polar surface area (TPSA) is 117 Å². The van der Waals surface area contributed by atoms with Gasteiger partial charge in [0.2, 0.25) is 11.8 Å². The first-order valence-corrected chi connectivity index (χ1v) is 15.2. The molecule has 0 unspecified atom stereocenters. The van der Waals surface area contributed by atoms with Crippen molar-refractivity contribution in [1.82, 2.24) is 20.3 Å². The maximum Gasteiger partial charge on any atom is 0.266 e. The van der Waals surface area contributed by atoms with Gasteiger partial charge in [-0.1, -0.05) is 54.2 Å². The Morgan fingerprint density at radius 3 is 2.72 bits per heavy atom. The van der Waals surface area contributed by atoms with Crippen molar-refractivity contribution < 1.29 is 22.7 Å². The highest BCUT2D eigenvalue weighted by Gasteiger charge is 2.38. The van der Waals surface area contributed by atoms with Crippen molar-refractivity contribution in [3.05, 3.63) is 70.0 Å². The van der Waals surface area contributed by atoms with Gasteiger partial charge in [-0.15, -0.1) is 0 Å². The molecule has 0 aromatic heterocycles. The van der Waals surface area contributed by atoms with Gasteiger partial charge in [-0.05, 0) is 36.6 Å². The highest BCUT2D eigenvalue weighted by molar-refractivity contribution is 7.89. The summed E-state index contributed by atoms with van der Waals surface area (Å²) in [5.41, 5.74) is 1.96. The third kappa shape index (κ3) is 6.04. The second-order valence-corrected chi connectivity index (χ2v) is 12.5. The molecule has 1 fully saturated rings. The maximum atomic E-state index is 13.4. The number of fused-ring (bicyclic) bond motifs is 1. The summed E-state index contributed by atoms with van der Waals surface area (Å²) in [6.45, 7) is 1.18. The Bertz CT molecular complexity index is 1390. The summed E-state index contributed by atoms with van der Waals surface area (Å²) in [5, 5.41) is 8.95. The predicted octanol–water partition coefficient (Wildman–Crippen LogP) is 4.02. The van der Waals surface area contributed by atoms with E-state index in [2.05, 4.69) is 16.0 Å². The van der Waals surface area contributed by atoms with Crippen molar-refractivity contribution in [2.75, 3.05) is 6.61 Å². The number of hydrogen-bond acceptors (Lipinski definition) is 6. The third-order valence-electron chi connectivity index (χ3n) is 7.31. The average molecular weight is 594 g/mol. The summed E-state index contributed by atoms with van der Waals surface area (Å²) in [6.07, 6.45) is 7.52. The quantitative estimate of drug-likeness (QED) is 0.426. The van der Waals surface area contributed by atoms with Gasteiger partial charge in [0.1, 0.15) is 16.7 Å². The molecule has 3 N–H and O–H groups in total. The normalized spacial score (nSPS) is 21.3. The van der Waals surface area contributed by atoms with Gasteiger partial charge >= 0.3 is 0 Å². The van der Waals surface area contributed by atoms with Gasteiger partial charge in [0.15, 0.2) is 0 Å². The van der Waals surface area contributed by atoms with E-state index in [1.807, 2.05) is 18.2 Å². The number of halogens is 2. The number of benzene rings is 2. The fourth-order valence-electron chi connectivity index (χ4n) is 5.25. The standard InChI is InChI=1S/C27H30Cl2N4O5S/c28-20-6-3-7-24(26(20)29)39(36,37)33-12-11-30-27(35)22(33)15-25(34)32-21-10-13-38-23-14-17(8-9-19(21)23)16-31-18-4-1-2-5-18/h3,6-9,11-12,14,18,21-22,31H,1-2,4-5,10,13,15-16H2,(H,30,35)(H,32,34)/t21-,22-/m1/s1. The zero-order valence-electron chi connectivity index (χ0n) is 21.2. The summed E-state index contributed by atoms with van der Waals surface area (Å²) in [4.78, 5) is 25.6. The number of nitrogens with one attached hydrogen (secondary N) is 3. The molecule has 9 nitrogen and oxygen atoms in total. The van der Waals surface area contributed by atoms with Crippen LogP contribution >= 0.6 is 23.2 Å². The highest BCUT2D eigenvalue weighted by Crippen LogP contribution is 2.35. The van der Waals surface area contributed by atoms with Crippen LogP contribution in [0.2, 0.25) is 10.0 Å². The van der Waals surface area contributed by atoms with Gasteiger partial charge in [0.05, 0.1) is 29.1 Å². The molecule has 2 atom stereocenters. The van der Waals surface area contributed by atoms with Gasteiger partial charge in [-0.2, -0.15) is 0 Å². The Hall–Kier alpha value is -2.79. The number of sulfonamides is 1. The van der Waals surface area contributed by atoms with Crippen LogP contribution in [0.25, 0.3) is 0 Å². The number of hydrogen-bond donors (Lipinski definition) is 3. The molecule has 39 heavy (non-hydrogen) atoms. The minimum absolute atomic E-state index is 0.0631. The molecule has 0 spiro atoms. The van der Waals surface area contributed by atoms with Gasteiger partial charge in [-0.25, -0.2) is 8.42 Å². The second kappa shape index (κ2) is 11.8. The molecule has 1 saturated carbocycles. The lowest BCUT2D eigenvalue weighted by atomic mass is 9.98. The lowest BCUT2D eigenvalue weighted by Crippen LogP contribution is -2.51. The first-order valence-electron chi connectivity index (χ1n) is 13.0. The number of carbonyl (C=O) groups excluding carboxylic acids is 2. The van der Waals surface area contributed by atoms with Gasteiger partial charge in [0, 0.05) is 37.0 Å². The van der Waals surface area contributed by atoms with E-state index in [1.165, 1.54) is 56.3 Å². The lowest BCUT2D eigenvalue weighted by molar-refractivity contribution is -0.129. The van der Waals surface area contributed by atoms with Crippen molar-refractivity contribution in [3.8, 4) is 5.75 Å². The molecule has 2 aliphatic heterocycles. The Balaban J connectivity index is 1.28. The zero-order valence-corrected chi connectivity index (χ0v) is 23.5. The van der Waals surface area contributed by atoms with Crippen LogP contribution < -0.4 is 20.7 Å². The van der Waals surface area contributed by atoms with Crippen LogP contribution in [0, 0.1) is 0 Å². The van der Waals surface area contributed by atoms with Crippen LogP contribution in [0.5, 0.6) is 5.75 Å². The monoisotopic (exact) mass is 592 g/mol. The van der Waals surface area contributed by atoms with E-state index < -0.39 is 27.9 Å². The summed E-state index contributed by atoms with van der Waals surface area (Å²) in [5.74, 6) is -0.371.